The van der Waals surface area contributed by atoms with Gasteiger partial charge in [-0.05, 0) is 78.9 Å². The Kier molecular flexibility index (Phi) is 11.8. The summed E-state index contributed by atoms with van der Waals surface area (Å²) >= 11 is 6.14. The Balaban J connectivity index is 1.37. The number of aliphatic hydroxyl groups is 1. The Hall–Kier alpha value is -3.69. The molecule has 226 valence electrons. The summed E-state index contributed by atoms with van der Waals surface area (Å²) in [4.78, 5) is 23.8. The van der Waals surface area contributed by atoms with Crippen molar-refractivity contribution >= 4 is 27.4 Å². The number of halogens is 1. The molecule has 0 saturated carbocycles. The van der Waals surface area contributed by atoms with E-state index in [-0.39, 0.29) is 22.0 Å². The molecule has 0 aliphatic rings. The lowest BCUT2D eigenvalue weighted by Crippen LogP contribution is -2.29. The molecule has 0 unspecified atom stereocenters. The summed E-state index contributed by atoms with van der Waals surface area (Å²) in [6.07, 6.45) is 1.70. The van der Waals surface area contributed by atoms with Gasteiger partial charge in [0.2, 0.25) is 9.84 Å². The minimum absolute atomic E-state index is 0.0408. The molecule has 1 N–H and O–H groups in total. The lowest BCUT2D eigenvalue weighted by Gasteiger charge is -2.25. The number of carbonyl (C=O) groups is 1. The standard InChI is InChI=1S/C34H36ClNO6S/c1-2-9-34(38)42-41-30-15-7-16-32(23-30)43(39,40)31-19-17-26(18-20-31)12-8-21-36(24-27-10-4-3-5-11-27)25-33(37)28-13-6-14-29(35)22-28/h3-7,10-11,13-20,22-23,33,37H,2,8-9,12,21,24-25H2,1H3/t33-/m0/s1. The molecule has 1 atom stereocenters. The number of carbonyl (C=O) groups excluding carboxylic acids is 1. The van der Waals surface area contributed by atoms with Crippen LogP contribution in [0.3, 0.4) is 0 Å². The lowest BCUT2D eigenvalue weighted by molar-refractivity contribution is -0.213. The van der Waals surface area contributed by atoms with Crippen LogP contribution in [0.25, 0.3) is 0 Å². The van der Waals surface area contributed by atoms with Gasteiger partial charge in [-0.15, -0.1) is 0 Å². The first-order valence-electron chi connectivity index (χ1n) is 14.3. The maximum atomic E-state index is 13.3. The second-order valence-corrected chi connectivity index (χ2v) is 12.7. The highest BCUT2D eigenvalue weighted by atomic mass is 35.5. The fourth-order valence-corrected chi connectivity index (χ4v) is 6.15. The zero-order valence-corrected chi connectivity index (χ0v) is 25.6. The predicted molar refractivity (Wildman–Crippen MR) is 166 cm³/mol. The molecule has 0 heterocycles. The molecule has 0 radical (unpaired) electrons. The molecule has 4 aromatic rings. The van der Waals surface area contributed by atoms with Gasteiger partial charge < -0.3 is 5.11 Å². The summed E-state index contributed by atoms with van der Waals surface area (Å²) in [5.74, 6) is -0.394. The second-order valence-electron chi connectivity index (χ2n) is 10.3. The Morgan fingerprint density at radius 1 is 0.884 bits per heavy atom. The third kappa shape index (κ3) is 9.66. The van der Waals surface area contributed by atoms with Gasteiger partial charge in [-0.2, -0.15) is 0 Å². The van der Waals surface area contributed by atoms with Crippen LogP contribution in [-0.2, 0) is 32.5 Å². The van der Waals surface area contributed by atoms with Crippen molar-refractivity contribution in [3.8, 4) is 5.75 Å². The maximum Gasteiger partial charge on any atom is 0.355 e. The van der Waals surface area contributed by atoms with Crippen molar-refractivity contribution in [3.05, 3.63) is 125 Å². The van der Waals surface area contributed by atoms with E-state index in [2.05, 4.69) is 17.0 Å². The van der Waals surface area contributed by atoms with E-state index in [1.54, 1.807) is 24.3 Å². The quantitative estimate of drug-likeness (QED) is 0.113. The predicted octanol–water partition coefficient (Wildman–Crippen LogP) is 6.98. The first-order chi connectivity index (χ1) is 20.7. The molecule has 9 heteroatoms. The van der Waals surface area contributed by atoms with Gasteiger partial charge in [0.15, 0.2) is 5.75 Å². The van der Waals surface area contributed by atoms with Gasteiger partial charge >= 0.3 is 5.97 Å². The topological polar surface area (TPSA) is 93.1 Å². The van der Waals surface area contributed by atoms with Crippen LogP contribution in [0.1, 0.15) is 49.0 Å². The molecule has 0 bridgehead atoms. The maximum absolute atomic E-state index is 13.3. The second kappa shape index (κ2) is 15.7. The number of aryl methyl sites for hydroxylation is 1. The third-order valence-electron chi connectivity index (χ3n) is 6.89. The summed E-state index contributed by atoms with van der Waals surface area (Å²) in [5.41, 5.74) is 2.94. The average Bonchev–Trinajstić information content (AvgIpc) is 3.01. The van der Waals surface area contributed by atoms with E-state index in [0.29, 0.717) is 24.5 Å². The number of hydrogen-bond acceptors (Lipinski definition) is 7. The Morgan fingerprint density at radius 3 is 2.35 bits per heavy atom. The summed E-state index contributed by atoms with van der Waals surface area (Å²) in [5, 5.41) is 11.5. The highest BCUT2D eigenvalue weighted by molar-refractivity contribution is 7.91. The molecule has 0 fully saturated rings. The van der Waals surface area contributed by atoms with Crippen molar-refractivity contribution in [2.24, 2.45) is 0 Å². The fraction of sp³-hybridized carbons (Fsp3) is 0.265. The summed E-state index contributed by atoms with van der Waals surface area (Å²) in [6, 6.07) is 30.1. The highest BCUT2D eigenvalue weighted by Crippen LogP contribution is 2.25. The van der Waals surface area contributed by atoms with Crippen molar-refractivity contribution in [2.45, 2.75) is 55.0 Å². The van der Waals surface area contributed by atoms with Crippen LogP contribution in [0, 0.1) is 0 Å². The number of rotatable bonds is 15. The molecule has 4 rings (SSSR count). The van der Waals surface area contributed by atoms with Gasteiger partial charge in [-0.3, -0.25) is 14.7 Å². The number of aliphatic hydroxyl groups excluding tert-OH is 1. The molecule has 7 nitrogen and oxygen atoms in total. The summed E-state index contributed by atoms with van der Waals surface area (Å²) < 4.78 is 26.5. The average molecular weight is 622 g/mol. The van der Waals surface area contributed by atoms with Crippen LogP contribution in [0.5, 0.6) is 5.75 Å². The van der Waals surface area contributed by atoms with E-state index in [1.807, 2.05) is 49.4 Å². The van der Waals surface area contributed by atoms with Crippen molar-refractivity contribution in [3.63, 3.8) is 0 Å². The first kappa shape index (κ1) is 32.2. The molecule has 0 amide bonds. The summed E-state index contributed by atoms with van der Waals surface area (Å²) in [7, 11) is -3.80. The molecule has 0 aromatic heterocycles. The van der Waals surface area contributed by atoms with Gasteiger partial charge in [-0.25, -0.2) is 13.2 Å². The number of nitrogens with zero attached hydrogens (tertiary/aromatic N) is 1. The molecule has 0 aliphatic carbocycles. The SMILES string of the molecule is CCCC(=O)OOc1cccc(S(=O)(=O)c2ccc(CCCN(Cc3ccccc3)C[C@H](O)c3cccc(Cl)c3)cc2)c1. The van der Waals surface area contributed by atoms with Gasteiger partial charge in [0.1, 0.15) is 0 Å². The van der Waals surface area contributed by atoms with Crippen LogP contribution in [0.2, 0.25) is 5.02 Å². The lowest BCUT2D eigenvalue weighted by atomic mass is 10.1. The van der Waals surface area contributed by atoms with E-state index in [1.165, 1.54) is 24.3 Å². The number of benzene rings is 4. The van der Waals surface area contributed by atoms with E-state index in [4.69, 9.17) is 21.4 Å². The molecular weight excluding hydrogens is 586 g/mol. The van der Waals surface area contributed by atoms with Gasteiger partial charge in [0, 0.05) is 30.6 Å². The molecule has 4 aromatic carbocycles. The molecular formula is C34H36ClNO6S. The zero-order chi connectivity index (χ0) is 30.7. The van der Waals surface area contributed by atoms with Crippen LogP contribution in [-0.4, -0.2) is 37.5 Å². The van der Waals surface area contributed by atoms with E-state index in [0.717, 1.165) is 36.1 Å². The van der Waals surface area contributed by atoms with Crippen LogP contribution < -0.4 is 4.89 Å². The minimum atomic E-state index is -3.80. The van der Waals surface area contributed by atoms with Gasteiger partial charge in [0.25, 0.3) is 0 Å². The molecule has 0 spiro atoms. The summed E-state index contributed by atoms with van der Waals surface area (Å²) in [6.45, 7) is 3.72. The van der Waals surface area contributed by atoms with Crippen molar-refractivity contribution in [2.75, 3.05) is 13.1 Å². The van der Waals surface area contributed by atoms with Crippen LogP contribution in [0.15, 0.2) is 113 Å². The molecule has 0 saturated heterocycles. The van der Waals surface area contributed by atoms with Crippen molar-refractivity contribution in [1.82, 2.24) is 4.90 Å². The van der Waals surface area contributed by atoms with Crippen LogP contribution >= 0.6 is 11.6 Å². The zero-order valence-electron chi connectivity index (χ0n) is 24.1. The largest absolute Gasteiger partial charge is 0.387 e. The Bertz CT molecular complexity index is 1580. The van der Waals surface area contributed by atoms with E-state index >= 15 is 0 Å². The normalized spacial score (nSPS) is 12.2. The van der Waals surface area contributed by atoms with E-state index < -0.39 is 21.9 Å². The molecule has 43 heavy (non-hydrogen) atoms. The van der Waals surface area contributed by atoms with Crippen molar-refractivity contribution < 1.29 is 28.1 Å². The monoisotopic (exact) mass is 621 g/mol. The van der Waals surface area contributed by atoms with E-state index in [9.17, 15) is 18.3 Å². The number of sulfone groups is 1. The number of hydrogen-bond donors (Lipinski definition) is 1. The molecule has 0 aliphatic heterocycles. The first-order valence-corrected chi connectivity index (χ1v) is 16.1. The Labute approximate surface area is 258 Å². The smallest absolute Gasteiger partial charge is 0.355 e. The third-order valence-corrected chi connectivity index (χ3v) is 8.89. The van der Waals surface area contributed by atoms with Crippen molar-refractivity contribution in [1.29, 1.82) is 0 Å². The Morgan fingerprint density at radius 2 is 1.63 bits per heavy atom. The van der Waals surface area contributed by atoms with Gasteiger partial charge in [0.05, 0.1) is 15.9 Å². The van der Waals surface area contributed by atoms with Gasteiger partial charge in [-0.1, -0.05) is 79.2 Å². The fourth-order valence-electron chi connectivity index (χ4n) is 4.65. The van der Waals surface area contributed by atoms with Crippen LogP contribution in [0.4, 0.5) is 0 Å². The highest BCUT2D eigenvalue weighted by Gasteiger charge is 2.19. The minimum Gasteiger partial charge on any atom is -0.387 e.